The fourth-order valence-electron chi connectivity index (χ4n) is 1.90. The Balaban J connectivity index is 2.14. The van der Waals surface area contributed by atoms with Crippen molar-refractivity contribution in [2.24, 2.45) is 0 Å². The summed E-state index contributed by atoms with van der Waals surface area (Å²) in [6, 6.07) is 1.17. The van der Waals surface area contributed by atoms with Gasteiger partial charge in [0.15, 0.2) is 0 Å². The third-order valence-corrected chi connectivity index (χ3v) is 4.30. The first-order chi connectivity index (χ1) is 7.08. The molecule has 4 heteroatoms. The molecule has 0 aromatic heterocycles. The van der Waals surface area contributed by atoms with Crippen LogP contribution in [-0.4, -0.2) is 53.3 Å². The van der Waals surface area contributed by atoms with Crippen LogP contribution in [0.3, 0.4) is 0 Å². The van der Waals surface area contributed by atoms with E-state index in [0.717, 1.165) is 30.9 Å². The Kier molecular flexibility index (Phi) is 5.79. The lowest BCUT2D eigenvalue weighted by atomic mass is 10.1. The number of hydrogen-bond acceptors (Lipinski definition) is 3. The Morgan fingerprint density at radius 3 is 2.53 bits per heavy atom. The van der Waals surface area contributed by atoms with Crippen molar-refractivity contribution >= 4 is 10.8 Å². The zero-order chi connectivity index (χ0) is 11.3. The number of nitrogens with zero attached hydrogens (tertiary/aromatic N) is 1. The van der Waals surface area contributed by atoms with Gasteiger partial charge in [0.2, 0.25) is 0 Å². The first kappa shape index (κ1) is 13.1. The average Bonchev–Trinajstić information content (AvgIpc) is 2.19. The number of nitrogens with one attached hydrogen (secondary N) is 1. The van der Waals surface area contributed by atoms with E-state index in [2.05, 4.69) is 31.2 Å². The van der Waals surface area contributed by atoms with E-state index in [1.165, 1.54) is 6.42 Å². The second-order valence-corrected chi connectivity index (χ2v) is 6.48. The molecule has 0 spiro atoms. The molecule has 1 aliphatic heterocycles. The summed E-state index contributed by atoms with van der Waals surface area (Å²) in [7, 11) is 3.68. The van der Waals surface area contributed by atoms with Crippen LogP contribution in [0.25, 0.3) is 0 Å². The predicted octanol–water partition coefficient (Wildman–Crippen LogP) is 0.827. The Morgan fingerprint density at radius 2 is 2.00 bits per heavy atom. The fraction of sp³-hybridized carbons (Fsp3) is 1.00. The van der Waals surface area contributed by atoms with Crippen LogP contribution < -0.4 is 5.32 Å². The van der Waals surface area contributed by atoms with Crippen molar-refractivity contribution in [1.82, 2.24) is 10.2 Å². The topological polar surface area (TPSA) is 32.3 Å². The van der Waals surface area contributed by atoms with E-state index in [0.29, 0.717) is 12.1 Å². The van der Waals surface area contributed by atoms with Gasteiger partial charge in [0, 0.05) is 34.4 Å². The maximum absolute atomic E-state index is 11.2. The van der Waals surface area contributed by atoms with Crippen LogP contribution in [0, 0.1) is 0 Å². The monoisotopic (exact) mass is 232 g/mol. The van der Waals surface area contributed by atoms with E-state index in [1.807, 2.05) is 0 Å². The summed E-state index contributed by atoms with van der Waals surface area (Å²) in [4.78, 5) is 2.22. The Labute approximate surface area is 96.1 Å². The number of rotatable bonds is 5. The highest BCUT2D eigenvalue weighted by molar-refractivity contribution is 7.85. The first-order valence-corrected chi connectivity index (χ1v) is 7.32. The van der Waals surface area contributed by atoms with Crippen molar-refractivity contribution in [3.63, 3.8) is 0 Å². The molecule has 1 atom stereocenters. The van der Waals surface area contributed by atoms with Gasteiger partial charge in [0.25, 0.3) is 0 Å². The molecule has 0 bridgehead atoms. The molecule has 1 N–H and O–H groups in total. The molecular formula is C11H24N2OS. The first-order valence-electron chi connectivity index (χ1n) is 5.83. The SMILES string of the molecule is CC(CCN(C)C)NC1CCS(=O)CC1. The van der Waals surface area contributed by atoms with Gasteiger partial charge in [0.05, 0.1) is 0 Å². The molecule has 1 aliphatic rings. The third kappa shape index (κ3) is 5.64. The second-order valence-electron chi connectivity index (χ2n) is 4.78. The maximum Gasteiger partial charge on any atom is 0.0249 e. The van der Waals surface area contributed by atoms with Crippen molar-refractivity contribution in [2.75, 3.05) is 32.1 Å². The average molecular weight is 232 g/mol. The highest BCUT2D eigenvalue weighted by Gasteiger charge is 2.18. The molecule has 1 fully saturated rings. The smallest absolute Gasteiger partial charge is 0.0249 e. The highest BCUT2D eigenvalue weighted by atomic mass is 32.2. The van der Waals surface area contributed by atoms with Gasteiger partial charge < -0.3 is 10.2 Å². The van der Waals surface area contributed by atoms with E-state index in [9.17, 15) is 4.21 Å². The van der Waals surface area contributed by atoms with E-state index in [-0.39, 0.29) is 0 Å². The summed E-state index contributed by atoms with van der Waals surface area (Å²) in [5.74, 6) is 1.77. The van der Waals surface area contributed by atoms with Gasteiger partial charge in [-0.25, -0.2) is 0 Å². The lowest BCUT2D eigenvalue weighted by Crippen LogP contribution is -2.41. The lowest BCUT2D eigenvalue weighted by Gasteiger charge is -2.27. The summed E-state index contributed by atoms with van der Waals surface area (Å²) in [5, 5.41) is 3.63. The van der Waals surface area contributed by atoms with E-state index in [4.69, 9.17) is 0 Å². The standard InChI is InChI=1S/C11H24N2OS/c1-10(4-7-13(2)3)12-11-5-8-15(14)9-6-11/h10-12H,4-9H2,1-3H3. The summed E-state index contributed by atoms with van der Waals surface area (Å²) in [5.41, 5.74) is 0. The van der Waals surface area contributed by atoms with Crippen LogP contribution in [0.4, 0.5) is 0 Å². The van der Waals surface area contributed by atoms with E-state index < -0.39 is 10.8 Å². The van der Waals surface area contributed by atoms with Crippen LogP contribution in [0.2, 0.25) is 0 Å². The van der Waals surface area contributed by atoms with Gasteiger partial charge >= 0.3 is 0 Å². The van der Waals surface area contributed by atoms with Crippen LogP contribution in [0.15, 0.2) is 0 Å². The van der Waals surface area contributed by atoms with Gasteiger partial charge in [-0.05, 0) is 46.8 Å². The normalized spacial score (nSPS) is 29.3. The van der Waals surface area contributed by atoms with Gasteiger partial charge in [-0.1, -0.05) is 0 Å². The Morgan fingerprint density at radius 1 is 1.40 bits per heavy atom. The van der Waals surface area contributed by atoms with Crippen LogP contribution in [0.5, 0.6) is 0 Å². The Bertz CT molecular complexity index is 199. The molecule has 15 heavy (non-hydrogen) atoms. The zero-order valence-electron chi connectivity index (χ0n) is 10.2. The van der Waals surface area contributed by atoms with Crippen molar-refractivity contribution in [1.29, 1.82) is 0 Å². The van der Waals surface area contributed by atoms with Crippen molar-refractivity contribution in [2.45, 2.75) is 38.3 Å². The van der Waals surface area contributed by atoms with Crippen LogP contribution in [-0.2, 0) is 10.8 Å². The molecule has 0 radical (unpaired) electrons. The van der Waals surface area contributed by atoms with E-state index >= 15 is 0 Å². The molecule has 0 aliphatic carbocycles. The van der Waals surface area contributed by atoms with Crippen molar-refractivity contribution in [3.05, 3.63) is 0 Å². The molecule has 0 amide bonds. The van der Waals surface area contributed by atoms with E-state index in [1.54, 1.807) is 0 Å². The zero-order valence-corrected chi connectivity index (χ0v) is 11.0. The molecule has 1 rings (SSSR count). The minimum Gasteiger partial charge on any atom is -0.311 e. The van der Waals surface area contributed by atoms with Gasteiger partial charge in [-0.3, -0.25) is 4.21 Å². The minimum absolute atomic E-state index is 0.535. The predicted molar refractivity (Wildman–Crippen MR) is 66.7 cm³/mol. The summed E-state index contributed by atoms with van der Waals surface area (Å²) in [6.07, 6.45) is 3.35. The quantitative estimate of drug-likeness (QED) is 0.762. The summed E-state index contributed by atoms with van der Waals surface area (Å²) >= 11 is 0. The van der Waals surface area contributed by atoms with Crippen LogP contribution >= 0.6 is 0 Å². The number of hydrogen-bond donors (Lipinski definition) is 1. The van der Waals surface area contributed by atoms with Gasteiger partial charge in [0.1, 0.15) is 0 Å². The largest absolute Gasteiger partial charge is 0.311 e. The maximum atomic E-state index is 11.2. The molecule has 1 saturated heterocycles. The van der Waals surface area contributed by atoms with Gasteiger partial charge in [-0.15, -0.1) is 0 Å². The van der Waals surface area contributed by atoms with Crippen molar-refractivity contribution in [3.8, 4) is 0 Å². The molecule has 0 saturated carbocycles. The highest BCUT2D eigenvalue weighted by Crippen LogP contribution is 2.10. The Hall–Kier alpha value is 0.0700. The molecule has 3 nitrogen and oxygen atoms in total. The molecule has 0 aromatic rings. The third-order valence-electron chi connectivity index (χ3n) is 2.92. The second kappa shape index (κ2) is 6.61. The van der Waals surface area contributed by atoms with Gasteiger partial charge in [-0.2, -0.15) is 0 Å². The molecule has 1 heterocycles. The molecular weight excluding hydrogens is 208 g/mol. The molecule has 0 aromatic carbocycles. The minimum atomic E-state index is -0.535. The molecule has 1 unspecified atom stereocenters. The summed E-state index contributed by atoms with van der Waals surface area (Å²) in [6.45, 7) is 3.38. The molecule has 90 valence electrons. The van der Waals surface area contributed by atoms with Crippen LogP contribution in [0.1, 0.15) is 26.2 Å². The lowest BCUT2D eigenvalue weighted by molar-refractivity contribution is 0.341. The summed E-state index contributed by atoms with van der Waals surface area (Å²) < 4.78 is 11.2. The van der Waals surface area contributed by atoms with Crippen molar-refractivity contribution < 1.29 is 4.21 Å². The fourth-order valence-corrected chi connectivity index (χ4v) is 3.20.